The topological polar surface area (TPSA) is 39.7 Å². The smallest absolute Gasteiger partial charge is 0.191 e. The highest BCUT2D eigenvalue weighted by molar-refractivity contribution is 14.0. The summed E-state index contributed by atoms with van der Waals surface area (Å²) in [6, 6.07) is 6.97. The van der Waals surface area contributed by atoms with Gasteiger partial charge in [0.15, 0.2) is 5.96 Å². The van der Waals surface area contributed by atoms with Crippen LogP contribution in [-0.4, -0.2) is 36.5 Å². The molecule has 2 aromatic rings. The Bertz CT molecular complexity index is 654. The van der Waals surface area contributed by atoms with E-state index in [-0.39, 0.29) is 24.0 Å². The van der Waals surface area contributed by atoms with Crippen LogP contribution in [-0.2, 0) is 19.5 Å². The number of thiophene rings is 2. The maximum atomic E-state index is 4.69. The fraction of sp³-hybridized carbons (Fsp3) is 0.500. The first-order valence-electron chi connectivity index (χ1n) is 8.60. The fourth-order valence-corrected chi connectivity index (χ4v) is 4.44. The summed E-state index contributed by atoms with van der Waals surface area (Å²) in [6.45, 7) is 9.16. The lowest BCUT2D eigenvalue weighted by Gasteiger charge is -2.32. The number of rotatable bonds is 6. The van der Waals surface area contributed by atoms with Gasteiger partial charge in [0, 0.05) is 42.0 Å². The molecule has 7 heteroatoms. The van der Waals surface area contributed by atoms with Crippen LogP contribution in [0, 0.1) is 0 Å². The van der Waals surface area contributed by atoms with Gasteiger partial charge in [-0.05, 0) is 48.7 Å². The van der Waals surface area contributed by atoms with Crippen LogP contribution in [0.15, 0.2) is 34.0 Å². The van der Waals surface area contributed by atoms with Gasteiger partial charge in [-0.2, -0.15) is 0 Å². The van der Waals surface area contributed by atoms with Crippen LogP contribution in [0.2, 0.25) is 0 Å². The van der Waals surface area contributed by atoms with Crippen LogP contribution in [0.3, 0.4) is 0 Å². The van der Waals surface area contributed by atoms with Gasteiger partial charge in [0.25, 0.3) is 0 Å². The van der Waals surface area contributed by atoms with Gasteiger partial charge in [-0.1, -0.05) is 6.07 Å². The Morgan fingerprint density at radius 2 is 2.16 bits per heavy atom. The van der Waals surface area contributed by atoms with Gasteiger partial charge in [-0.3, -0.25) is 4.90 Å². The third-order valence-electron chi connectivity index (χ3n) is 4.34. The van der Waals surface area contributed by atoms with E-state index in [0.717, 1.165) is 38.7 Å². The normalized spacial score (nSPS) is 16.0. The Hall–Kier alpha value is -0.640. The summed E-state index contributed by atoms with van der Waals surface area (Å²) in [5, 5.41) is 11.2. The summed E-state index contributed by atoms with van der Waals surface area (Å²) >= 11 is 3.65. The first-order valence-corrected chi connectivity index (χ1v) is 10.4. The van der Waals surface area contributed by atoms with Crippen LogP contribution in [0.5, 0.6) is 0 Å². The molecule has 2 N–H and O–H groups in total. The average Bonchev–Trinajstić information content (AvgIpc) is 3.27. The predicted molar refractivity (Wildman–Crippen MR) is 120 cm³/mol. The van der Waals surface area contributed by atoms with Crippen LogP contribution in [0.4, 0.5) is 0 Å². The molecule has 0 aromatic carbocycles. The van der Waals surface area contributed by atoms with Crippen molar-refractivity contribution in [3.63, 3.8) is 0 Å². The largest absolute Gasteiger partial charge is 0.357 e. The second-order valence-electron chi connectivity index (χ2n) is 6.09. The Balaban J connectivity index is 0.00000225. The number of aliphatic imine (C=N–C) groups is 1. The Morgan fingerprint density at radius 3 is 2.92 bits per heavy atom. The summed E-state index contributed by atoms with van der Waals surface area (Å²) in [4.78, 5) is 10.1. The van der Waals surface area contributed by atoms with Crippen molar-refractivity contribution in [2.24, 2.45) is 4.99 Å². The summed E-state index contributed by atoms with van der Waals surface area (Å²) in [5.41, 5.74) is 1.51. The molecule has 0 radical (unpaired) electrons. The molecule has 0 aliphatic carbocycles. The van der Waals surface area contributed by atoms with Crippen molar-refractivity contribution in [3.8, 4) is 0 Å². The van der Waals surface area contributed by atoms with E-state index in [1.165, 1.54) is 16.9 Å². The number of nitrogens with zero attached hydrogens (tertiary/aromatic N) is 2. The second kappa shape index (κ2) is 10.5. The van der Waals surface area contributed by atoms with E-state index in [4.69, 9.17) is 0 Å². The van der Waals surface area contributed by atoms with Crippen molar-refractivity contribution in [2.75, 3.05) is 19.6 Å². The molecule has 0 fully saturated rings. The van der Waals surface area contributed by atoms with Crippen LogP contribution < -0.4 is 10.6 Å². The van der Waals surface area contributed by atoms with Crippen molar-refractivity contribution in [2.45, 2.75) is 39.4 Å². The minimum atomic E-state index is 0. The molecule has 138 valence electrons. The van der Waals surface area contributed by atoms with E-state index < -0.39 is 0 Å². The summed E-state index contributed by atoms with van der Waals surface area (Å²) in [6.07, 6.45) is 1.18. The lowest BCUT2D eigenvalue weighted by atomic mass is 10.1. The van der Waals surface area contributed by atoms with Crippen molar-refractivity contribution in [3.05, 3.63) is 44.3 Å². The zero-order chi connectivity index (χ0) is 16.8. The monoisotopic (exact) mass is 490 g/mol. The second-order valence-corrected chi connectivity index (χ2v) is 8.13. The lowest BCUT2D eigenvalue weighted by molar-refractivity contribution is 0.192. The summed E-state index contributed by atoms with van der Waals surface area (Å²) in [5.74, 6) is 0.908. The molecule has 3 rings (SSSR count). The molecule has 0 bridgehead atoms. The molecule has 0 saturated heterocycles. The molecule has 4 nitrogen and oxygen atoms in total. The molecule has 25 heavy (non-hydrogen) atoms. The highest BCUT2D eigenvalue weighted by Crippen LogP contribution is 2.24. The molecule has 1 unspecified atom stereocenters. The van der Waals surface area contributed by atoms with Crippen LogP contribution >= 0.6 is 46.7 Å². The predicted octanol–water partition coefficient (Wildman–Crippen LogP) is 3.93. The molecule has 1 aliphatic rings. The van der Waals surface area contributed by atoms with Gasteiger partial charge in [0.05, 0.1) is 6.54 Å². The number of halogens is 1. The molecule has 1 aliphatic heterocycles. The van der Waals surface area contributed by atoms with Gasteiger partial charge in [-0.25, -0.2) is 4.99 Å². The fourth-order valence-electron chi connectivity index (χ4n) is 2.92. The number of hydrogen-bond donors (Lipinski definition) is 2. The highest BCUT2D eigenvalue weighted by Gasteiger charge is 2.21. The molecule has 0 saturated carbocycles. The number of hydrogen-bond acceptors (Lipinski definition) is 4. The van der Waals surface area contributed by atoms with Crippen molar-refractivity contribution >= 4 is 52.6 Å². The van der Waals surface area contributed by atoms with E-state index in [2.05, 4.69) is 63.3 Å². The molecule has 3 heterocycles. The van der Waals surface area contributed by atoms with Gasteiger partial charge in [0.2, 0.25) is 0 Å². The minimum absolute atomic E-state index is 0. The summed E-state index contributed by atoms with van der Waals surface area (Å²) < 4.78 is 0. The first-order chi connectivity index (χ1) is 11.8. The number of fused-ring (bicyclic) bond motifs is 1. The highest BCUT2D eigenvalue weighted by atomic mass is 127. The van der Waals surface area contributed by atoms with E-state index in [1.54, 1.807) is 16.2 Å². The molecular formula is C18H27IN4S2. The zero-order valence-electron chi connectivity index (χ0n) is 14.8. The van der Waals surface area contributed by atoms with E-state index in [9.17, 15) is 0 Å². The standard InChI is InChI=1S/C18H26N4S2.HI/c1-3-19-18(21-12-16-5-4-9-23-16)20-11-14(2)22-8-6-17-15(13-22)7-10-24-17;/h4-5,7,9-10,14H,3,6,8,11-13H2,1-2H3,(H2,19,20,21);1H. The molecule has 1 atom stereocenters. The van der Waals surface area contributed by atoms with Gasteiger partial charge in [-0.15, -0.1) is 46.7 Å². The third-order valence-corrected chi connectivity index (χ3v) is 6.23. The number of guanidine groups is 1. The van der Waals surface area contributed by atoms with Crippen molar-refractivity contribution in [1.29, 1.82) is 0 Å². The molecule has 0 spiro atoms. The summed E-state index contributed by atoms with van der Waals surface area (Å²) in [7, 11) is 0. The quantitative estimate of drug-likeness (QED) is 0.366. The average molecular weight is 490 g/mol. The number of nitrogens with one attached hydrogen (secondary N) is 2. The van der Waals surface area contributed by atoms with Gasteiger partial charge >= 0.3 is 0 Å². The zero-order valence-corrected chi connectivity index (χ0v) is 18.8. The minimum Gasteiger partial charge on any atom is -0.357 e. The van der Waals surface area contributed by atoms with Crippen molar-refractivity contribution < 1.29 is 0 Å². The van der Waals surface area contributed by atoms with E-state index >= 15 is 0 Å². The van der Waals surface area contributed by atoms with Gasteiger partial charge < -0.3 is 10.6 Å². The van der Waals surface area contributed by atoms with E-state index in [0.29, 0.717) is 6.04 Å². The van der Waals surface area contributed by atoms with Gasteiger partial charge in [0.1, 0.15) is 0 Å². The maximum absolute atomic E-state index is 4.69. The Kier molecular flexibility index (Phi) is 8.68. The van der Waals surface area contributed by atoms with Crippen LogP contribution in [0.1, 0.15) is 29.2 Å². The van der Waals surface area contributed by atoms with Crippen LogP contribution in [0.25, 0.3) is 0 Å². The SMILES string of the molecule is CCNC(=NCc1cccs1)NCC(C)N1CCc2sccc2C1.I. The molecule has 0 amide bonds. The first kappa shape index (κ1) is 20.7. The lowest BCUT2D eigenvalue weighted by Crippen LogP contribution is -2.47. The molecular weight excluding hydrogens is 463 g/mol. The van der Waals surface area contributed by atoms with E-state index in [1.807, 2.05) is 11.3 Å². The molecule has 2 aromatic heterocycles. The van der Waals surface area contributed by atoms with Crippen molar-refractivity contribution in [1.82, 2.24) is 15.5 Å². The third kappa shape index (κ3) is 5.94. The maximum Gasteiger partial charge on any atom is 0.191 e. The Morgan fingerprint density at radius 1 is 1.28 bits per heavy atom. The Labute approximate surface area is 175 Å².